The molecule has 0 saturated heterocycles. The van der Waals surface area contributed by atoms with Gasteiger partial charge in [-0.25, -0.2) is 4.79 Å². The van der Waals surface area contributed by atoms with Gasteiger partial charge in [-0.2, -0.15) is 13.2 Å². The minimum atomic E-state index is -4.49. The molecule has 1 saturated carbocycles. The van der Waals surface area contributed by atoms with Crippen molar-refractivity contribution in [1.82, 2.24) is 0 Å². The Hall–Kier alpha value is -2.18. The second kappa shape index (κ2) is 7.37. The van der Waals surface area contributed by atoms with E-state index in [1.807, 2.05) is 0 Å². The first-order chi connectivity index (χ1) is 11.7. The number of esters is 1. The van der Waals surface area contributed by atoms with E-state index < -0.39 is 29.7 Å². The summed E-state index contributed by atoms with van der Waals surface area (Å²) in [4.78, 5) is 28.6. The molecule has 1 aliphatic rings. The van der Waals surface area contributed by atoms with Gasteiger partial charge in [-0.3, -0.25) is 9.79 Å². The van der Waals surface area contributed by atoms with Crippen LogP contribution in [0.25, 0.3) is 0 Å². The van der Waals surface area contributed by atoms with Crippen molar-refractivity contribution in [2.75, 3.05) is 7.11 Å². The van der Waals surface area contributed by atoms with Gasteiger partial charge in [-0.05, 0) is 24.5 Å². The Balaban J connectivity index is 2.46. The molecule has 3 unspecified atom stereocenters. The summed E-state index contributed by atoms with van der Waals surface area (Å²) in [5.74, 6) is -1.91. The lowest BCUT2D eigenvalue weighted by molar-refractivity contribution is -0.142. The van der Waals surface area contributed by atoms with Crippen molar-refractivity contribution in [2.24, 2.45) is 10.9 Å². The number of rotatable bonds is 4. The van der Waals surface area contributed by atoms with E-state index in [0.29, 0.717) is 18.6 Å². The Morgan fingerprint density at radius 2 is 2.08 bits per heavy atom. The number of ether oxygens (including phenoxy) is 1. The van der Waals surface area contributed by atoms with Gasteiger partial charge in [0.15, 0.2) is 0 Å². The number of benzene rings is 1. The molecule has 0 aliphatic heterocycles. The summed E-state index contributed by atoms with van der Waals surface area (Å²) in [6.07, 6.45) is -3.78. The van der Waals surface area contributed by atoms with Crippen LogP contribution in [0.1, 0.15) is 43.7 Å². The average Bonchev–Trinajstić information content (AvgIpc) is 2.85. The van der Waals surface area contributed by atoms with E-state index in [9.17, 15) is 22.8 Å². The molecule has 0 bridgehead atoms. The van der Waals surface area contributed by atoms with Crippen molar-refractivity contribution in [3.05, 3.63) is 35.4 Å². The largest absolute Gasteiger partial charge is 0.467 e. The zero-order valence-electron chi connectivity index (χ0n) is 14.3. The number of hydrogen-bond acceptors (Lipinski definition) is 4. The molecule has 0 radical (unpaired) electrons. The van der Waals surface area contributed by atoms with Crippen LogP contribution < -0.4 is 0 Å². The Bertz CT molecular complexity index is 697. The second-order valence-electron chi connectivity index (χ2n) is 6.13. The van der Waals surface area contributed by atoms with Gasteiger partial charge in [0, 0.05) is 11.6 Å². The second-order valence-corrected chi connectivity index (χ2v) is 6.13. The monoisotopic (exact) mass is 355 g/mol. The third-order valence-electron chi connectivity index (χ3n) is 4.35. The quantitative estimate of drug-likeness (QED) is 0.772. The Morgan fingerprint density at radius 1 is 1.40 bits per heavy atom. The molecule has 7 heteroatoms. The average molecular weight is 355 g/mol. The maximum atomic E-state index is 13.0. The Kier molecular flexibility index (Phi) is 5.65. The van der Waals surface area contributed by atoms with Gasteiger partial charge in [-0.15, -0.1) is 0 Å². The number of carbonyl (C=O) groups is 2. The predicted octanol–water partition coefficient (Wildman–Crippen LogP) is 3.79. The fourth-order valence-corrected chi connectivity index (χ4v) is 3.01. The highest BCUT2D eigenvalue weighted by Crippen LogP contribution is 2.36. The van der Waals surface area contributed by atoms with Crippen molar-refractivity contribution in [3.8, 4) is 0 Å². The summed E-state index contributed by atoms with van der Waals surface area (Å²) in [5.41, 5.74) is -0.117. The summed E-state index contributed by atoms with van der Waals surface area (Å²) < 4.78 is 43.6. The van der Waals surface area contributed by atoms with Crippen LogP contribution >= 0.6 is 0 Å². The van der Waals surface area contributed by atoms with Crippen molar-refractivity contribution < 1.29 is 27.5 Å². The lowest BCUT2D eigenvalue weighted by Crippen LogP contribution is -2.23. The fourth-order valence-electron chi connectivity index (χ4n) is 3.01. The third-order valence-corrected chi connectivity index (χ3v) is 4.35. The van der Waals surface area contributed by atoms with E-state index in [2.05, 4.69) is 4.99 Å². The molecule has 1 aromatic rings. The molecule has 4 nitrogen and oxygen atoms in total. The van der Waals surface area contributed by atoms with Gasteiger partial charge < -0.3 is 4.74 Å². The van der Waals surface area contributed by atoms with Crippen LogP contribution in [0, 0.1) is 5.92 Å². The molecule has 0 amide bonds. The van der Waals surface area contributed by atoms with Gasteiger partial charge >= 0.3 is 12.1 Å². The van der Waals surface area contributed by atoms with Crippen LogP contribution in [0.3, 0.4) is 0 Å². The number of halogens is 3. The molecule has 25 heavy (non-hydrogen) atoms. The van der Waals surface area contributed by atoms with E-state index >= 15 is 0 Å². The number of nitrogens with zero attached hydrogens (tertiary/aromatic N) is 1. The summed E-state index contributed by atoms with van der Waals surface area (Å²) in [6, 6.07) is 3.96. The number of carbonyl (C=O) groups excluding carboxylic acids is 2. The van der Waals surface area contributed by atoms with Crippen LogP contribution in [0.15, 0.2) is 29.3 Å². The molecule has 1 aliphatic carbocycles. The number of aliphatic imine (C=N–C) groups is 1. The minimum Gasteiger partial charge on any atom is -0.467 e. The zero-order valence-corrected chi connectivity index (χ0v) is 14.3. The van der Waals surface area contributed by atoms with Gasteiger partial charge in [0.25, 0.3) is 0 Å². The van der Waals surface area contributed by atoms with E-state index in [1.165, 1.54) is 19.2 Å². The first-order valence-electron chi connectivity index (χ1n) is 8.04. The molecule has 2 rings (SSSR count). The third kappa shape index (κ3) is 4.08. The molecule has 136 valence electrons. The number of hydrogen-bond donors (Lipinski definition) is 0. The molecular weight excluding hydrogens is 335 g/mol. The van der Waals surface area contributed by atoms with Gasteiger partial charge in [-0.1, -0.05) is 32.0 Å². The minimum absolute atomic E-state index is 0.183. The van der Waals surface area contributed by atoms with Crippen molar-refractivity contribution in [3.63, 3.8) is 0 Å². The molecule has 0 spiro atoms. The van der Waals surface area contributed by atoms with Crippen molar-refractivity contribution in [2.45, 2.75) is 44.8 Å². The number of Topliss-reactive ketones (excluding diaryl/α,β-unsaturated/α-hetero) is 1. The van der Waals surface area contributed by atoms with E-state index in [0.717, 1.165) is 12.1 Å². The summed E-state index contributed by atoms with van der Waals surface area (Å²) in [7, 11) is 1.25. The first kappa shape index (κ1) is 19.1. The van der Waals surface area contributed by atoms with Gasteiger partial charge in [0.05, 0.1) is 18.6 Å². The van der Waals surface area contributed by atoms with Crippen molar-refractivity contribution >= 4 is 17.5 Å². The maximum Gasteiger partial charge on any atom is 0.416 e. The molecule has 3 atom stereocenters. The van der Waals surface area contributed by atoms with Gasteiger partial charge in [0.2, 0.25) is 0 Å². The van der Waals surface area contributed by atoms with Crippen LogP contribution in [0.5, 0.6) is 0 Å². The molecule has 0 N–H and O–H groups in total. The Morgan fingerprint density at radius 3 is 2.64 bits per heavy atom. The lowest BCUT2D eigenvalue weighted by atomic mass is 9.92. The first-order valence-corrected chi connectivity index (χ1v) is 8.04. The van der Waals surface area contributed by atoms with Crippen LogP contribution in [-0.2, 0) is 20.5 Å². The van der Waals surface area contributed by atoms with E-state index in [-0.39, 0.29) is 17.3 Å². The van der Waals surface area contributed by atoms with Gasteiger partial charge in [0.1, 0.15) is 11.8 Å². The topological polar surface area (TPSA) is 55.7 Å². The highest BCUT2D eigenvalue weighted by atomic mass is 19.4. The van der Waals surface area contributed by atoms with Crippen LogP contribution in [0.2, 0.25) is 0 Å². The maximum absolute atomic E-state index is 13.0. The lowest BCUT2D eigenvalue weighted by Gasteiger charge is -2.15. The summed E-state index contributed by atoms with van der Waals surface area (Å²) in [6.45, 7) is 3.47. The molecule has 1 aromatic carbocycles. The summed E-state index contributed by atoms with van der Waals surface area (Å²) >= 11 is 0. The SMILES string of the molecule is CCC(N=C1CC(C)C(=O)C1c1cccc(C(F)(F)F)c1)C(=O)OC. The zero-order chi connectivity index (χ0) is 18.8. The van der Waals surface area contributed by atoms with Crippen LogP contribution in [0.4, 0.5) is 13.2 Å². The van der Waals surface area contributed by atoms with Crippen LogP contribution in [-0.4, -0.2) is 30.6 Å². The van der Waals surface area contributed by atoms with E-state index in [4.69, 9.17) is 4.74 Å². The fraction of sp³-hybridized carbons (Fsp3) is 0.500. The normalized spacial score (nSPS) is 23.8. The van der Waals surface area contributed by atoms with Crippen molar-refractivity contribution in [1.29, 1.82) is 0 Å². The molecule has 0 heterocycles. The number of methoxy groups -OCH3 is 1. The Labute approximate surface area is 144 Å². The number of ketones is 1. The molecule has 1 fully saturated rings. The summed E-state index contributed by atoms with van der Waals surface area (Å²) in [5, 5.41) is 0. The highest BCUT2D eigenvalue weighted by Gasteiger charge is 2.40. The standard InChI is InChI=1S/C18H20F3NO3/c1-4-13(17(24)25-3)22-14-8-10(2)16(23)15(14)11-6-5-7-12(9-11)18(19,20)21/h5-7,9-10,13,15H,4,8H2,1-3H3. The molecule has 0 aromatic heterocycles. The number of alkyl halides is 3. The highest BCUT2D eigenvalue weighted by molar-refractivity contribution is 6.17. The molecular formula is C18H20F3NO3. The predicted molar refractivity (Wildman–Crippen MR) is 86.5 cm³/mol. The van der Waals surface area contributed by atoms with E-state index in [1.54, 1.807) is 13.8 Å². The smallest absolute Gasteiger partial charge is 0.416 e.